The fourth-order valence-corrected chi connectivity index (χ4v) is 4.00. The van der Waals surface area contributed by atoms with Gasteiger partial charge in [0.15, 0.2) is 0 Å². The van der Waals surface area contributed by atoms with Crippen LogP contribution in [0.5, 0.6) is 0 Å². The zero-order valence-electron chi connectivity index (χ0n) is 20.1. The average Bonchev–Trinajstić information content (AvgIpc) is 2.82. The van der Waals surface area contributed by atoms with Gasteiger partial charge in [0, 0.05) is 18.4 Å². The van der Waals surface area contributed by atoms with E-state index < -0.39 is 0 Å². The third-order valence-corrected chi connectivity index (χ3v) is 5.85. The van der Waals surface area contributed by atoms with E-state index in [9.17, 15) is 4.79 Å². The summed E-state index contributed by atoms with van der Waals surface area (Å²) in [4.78, 5) is 15.2. The first kappa shape index (κ1) is 26.3. The molecule has 5 heteroatoms. The van der Waals surface area contributed by atoms with Crippen molar-refractivity contribution in [3.8, 4) is 0 Å². The number of unbranched alkanes of at least 4 members (excludes halogenated alkanes) is 4. The zero-order valence-corrected chi connectivity index (χ0v) is 20.1. The predicted octanol–water partition coefficient (Wildman–Crippen LogP) is 4.84. The van der Waals surface area contributed by atoms with Crippen molar-refractivity contribution in [2.45, 2.75) is 64.7 Å². The number of hydrogen-bond donors (Lipinski definition) is 3. The number of nitrogens with two attached hydrogens (primary N) is 1. The molecule has 0 unspecified atom stereocenters. The van der Waals surface area contributed by atoms with Gasteiger partial charge >= 0.3 is 0 Å². The van der Waals surface area contributed by atoms with Crippen molar-refractivity contribution in [3.63, 3.8) is 0 Å². The number of fused-ring (bicyclic) bond motifs is 1. The van der Waals surface area contributed by atoms with Crippen LogP contribution in [0.4, 0.5) is 5.69 Å². The van der Waals surface area contributed by atoms with Crippen LogP contribution < -0.4 is 21.3 Å². The first-order valence-electron chi connectivity index (χ1n) is 12.7. The van der Waals surface area contributed by atoms with Gasteiger partial charge in [-0.2, -0.15) is 0 Å². The Morgan fingerprint density at radius 1 is 0.812 bits per heavy atom. The lowest BCUT2D eigenvalue weighted by Gasteiger charge is -2.25. The van der Waals surface area contributed by atoms with Gasteiger partial charge in [-0.15, -0.1) is 0 Å². The highest BCUT2D eigenvalue weighted by Crippen LogP contribution is 2.27. The van der Waals surface area contributed by atoms with E-state index in [4.69, 9.17) is 5.73 Å². The first-order valence-corrected chi connectivity index (χ1v) is 12.7. The standard InChI is InChI=1S/C27H44N4O/c1-2-3-4-5-17-27(32)31(26-16-10-14-24-13-6-7-15-25(24)26)23-12-22-30-20-9-8-19-29-21-11-18-28/h6-7,10,13-16,29-30H,2-5,8-9,11-12,17-23,28H2,1H3. The van der Waals surface area contributed by atoms with Crippen LogP contribution in [-0.4, -0.2) is 45.2 Å². The fourth-order valence-electron chi connectivity index (χ4n) is 4.00. The van der Waals surface area contributed by atoms with Crippen LogP contribution in [0.1, 0.15) is 64.7 Å². The molecule has 0 fully saturated rings. The van der Waals surface area contributed by atoms with Crippen molar-refractivity contribution < 1.29 is 4.79 Å². The van der Waals surface area contributed by atoms with Gasteiger partial charge in [-0.1, -0.05) is 62.6 Å². The van der Waals surface area contributed by atoms with Crippen molar-refractivity contribution in [1.82, 2.24) is 10.6 Å². The lowest BCUT2D eigenvalue weighted by molar-refractivity contribution is -0.118. The van der Waals surface area contributed by atoms with E-state index in [1.165, 1.54) is 31.1 Å². The van der Waals surface area contributed by atoms with E-state index in [0.717, 1.165) is 76.0 Å². The Morgan fingerprint density at radius 3 is 2.25 bits per heavy atom. The monoisotopic (exact) mass is 440 g/mol. The van der Waals surface area contributed by atoms with Gasteiger partial charge in [0.2, 0.25) is 5.91 Å². The highest BCUT2D eigenvalue weighted by Gasteiger charge is 2.17. The van der Waals surface area contributed by atoms with Crippen LogP contribution in [0.25, 0.3) is 10.8 Å². The molecule has 178 valence electrons. The lowest BCUT2D eigenvalue weighted by Crippen LogP contribution is -2.33. The molecule has 0 bridgehead atoms. The summed E-state index contributed by atoms with van der Waals surface area (Å²) < 4.78 is 0. The van der Waals surface area contributed by atoms with E-state index >= 15 is 0 Å². The molecule has 2 rings (SSSR count). The summed E-state index contributed by atoms with van der Waals surface area (Å²) in [6, 6.07) is 14.6. The number of carbonyl (C=O) groups excluding carboxylic acids is 1. The molecule has 0 aliphatic heterocycles. The summed E-state index contributed by atoms with van der Waals surface area (Å²) in [5.41, 5.74) is 6.55. The second-order valence-corrected chi connectivity index (χ2v) is 8.56. The predicted molar refractivity (Wildman–Crippen MR) is 138 cm³/mol. The Morgan fingerprint density at radius 2 is 1.50 bits per heavy atom. The molecule has 0 aliphatic carbocycles. The molecular weight excluding hydrogens is 396 g/mol. The van der Waals surface area contributed by atoms with Crippen LogP contribution in [0.2, 0.25) is 0 Å². The van der Waals surface area contributed by atoms with Gasteiger partial charge < -0.3 is 21.3 Å². The maximum atomic E-state index is 13.2. The van der Waals surface area contributed by atoms with Crippen molar-refractivity contribution >= 4 is 22.4 Å². The number of nitrogens with one attached hydrogen (secondary N) is 2. The Bertz CT molecular complexity index is 759. The van der Waals surface area contributed by atoms with E-state index in [0.29, 0.717) is 6.42 Å². The van der Waals surface area contributed by atoms with E-state index in [1.54, 1.807) is 0 Å². The van der Waals surface area contributed by atoms with Gasteiger partial charge in [0.1, 0.15) is 0 Å². The molecule has 0 spiro atoms. The van der Waals surface area contributed by atoms with Crippen molar-refractivity contribution in [3.05, 3.63) is 42.5 Å². The van der Waals surface area contributed by atoms with Gasteiger partial charge in [0.25, 0.3) is 0 Å². The fraction of sp³-hybridized carbons (Fsp3) is 0.593. The van der Waals surface area contributed by atoms with E-state index in [-0.39, 0.29) is 5.91 Å². The molecule has 4 N–H and O–H groups in total. The molecule has 0 heterocycles. The van der Waals surface area contributed by atoms with Crippen LogP contribution >= 0.6 is 0 Å². The topological polar surface area (TPSA) is 70.4 Å². The van der Waals surface area contributed by atoms with Gasteiger partial charge in [-0.3, -0.25) is 4.79 Å². The quantitative estimate of drug-likeness (QED) is 0.290. The smallest absolute Gasteiger partial charge is 0.226 e. The maximum absolute atomic E-state index is 13.2. The normalized spacial score (nSPS) is 11.2. The summed E-state index contributed by atoms with van der Waals surface area (Å²) >= 11 is 0. The second kappa shape index (κ2) is 16.7. The summed E-state index contributed by atoms with van der Waals surface area (Å²) in [6.45, 7) is 7.75. The average molecular weight is 441 g/mol. The minimum Gasteiger partial charge on any atom is -0.330 e. The molecule has 0 radical (unpaired) electrons. The van der Waals surface area contributed by atoms with Crippen LogP contribution in [0.3, 0.4) is 0 Å². The van der Waals surface area contributed by atoms with Crippen molar-refractivity contribution in [2.24, 2.45) is 5.73 Å². The molecular formula is C27H44N4O. The Balaban J connectivity index is 1.83. The molecule has 5 nitrogen and oxygen atoms in total. The number of anilines is 1. The number of nitrogens with zero attached hydrogens (tertiary/aromatic N) is 1. The highest BCUT2D eigenvalue weighted by atomic mass is 16.2. The minimum absolute atomic E-state index is 0.251. The van der Waals surface area contributed by atoms with Crippen molar-refractivity contribution in [2.75, 3.05) is 44.2 Å². The Hall–Kier alpha value is -1.95. The largest absolute Gasteiger partial charge is 0.330 e. The molecule has 1 amide bonds. The number of benzene rings is 2. The molecule has 0 aliphatic rings. The van der Waals surface area contributed by atoms with Crippen molar-refractivity contribution in [1.29, 1.82) is 0 Å². The molecule has 0 atom stereocenters. The van der Waals surface area contributed by atoms with Gasteiger partial charge in [0.05, 0.1) is 5.69 Å². The molecule has 2 aromatic carbocycles. The van der Waals surface area contributed by atoms with E-state index in [2.05, 4.69) is 60.0 Å². The van der Waals surface area contributed by atoms with Gasteiger partial charge in [-0.05, 0) is 76.3 Å². The summed E-state index contributed by atoms with van der Waals surface area (Å²) in [6.07, 6.45) is 9.48. The lowest BCUT2D eigenvalue weighted by atomic mass is 10.1. The van der Waals surface area contributed by atoms with Crippen LogP contribution in [0, 0.1) is 0 Å². The third kappa shape index (κ3) is 9.68. The van der Waals surface area contributed by atoms with Crippen LogP contribution in [-0.2, 0) is 4.79 Å². The Labute approximate surface area is 195 Å². The summed E-state index contributed by atoms with van der Waals surface area (Å²) in [5.74, 6) is 0.251. The first-order chi connectivity index (χ1) is 15.8. The minimum atomic E-state index is 0.251. The Kier molecular flexibility index (Phi) is 13.7. The molecule has 0 saturated heterocycles. The summed E-state index contributed by atoms with van der Waals surface area (Å²) in [7, 11) is 0. The third-order valence-electron chi connectivity index (χ3n) is 5.85. The zero-order chi connectivity index (χ0) is 22.9. The number of carbonyl (C=O) groups is 1. The number of amides is 1. The molecule has 0 aromatic heterocycles. The molecule has 2 aromatic rings. The van der Waals surface area contributed by atoms with E-state index in [1.807, 2.05) is 4.90 Å². The van der Waals surface area contributed by atoms with Gasteiger partial charge in [-0.25, -0.2) is 0 Å². The maximum Gasteiger partial charge on any atom is 0.226 e. The summed E-state index contributed by atoms with van der Waals surface area (Å²) in [5, 5.41) is 9.31. The number of rotatable bonds is 18. The highest BCUT2D eigenvalue weighted by molar-refractivity contribution is 6.03. The SMILES string of the molecule is CCCCCCC(=O)N(CCCNCCCCNCCCN)c1cccc2ccccc12. The van der Waals surface area contributed by atoms with Crippen LogP contribution in [0.15, 0.2) is 42.5 Å². The second-order valence-electron chi connectivity index (χ2n) is 8.56. The molecule has 0 saturated carbocycles. The molecule has 32 heavy (non-hydrogen) atoms. The number of hydrogen-bond acceptors (Lipinski definition) is 4.